The first-order chi connectivity index (χ1) is 15.5. The lowest BCUT2D eigenvalue weighted by molar-refractivity contribution is 0.0713. The molecule has 1 aromatic heterocycles. The maximum atomic E-state index is 13.5. The smallest absolute Gasteiger partial charge is 0.257 e. The Morgan fingerprint density at radius 1 is 1.16 bits per heavy atom. The summed E-state index contributed by atoms with van der Waals surface area (Å²) in [7, 11) is 0. The van der Waals surface area contributed by atoms with E-state index in [1.807, 2.05) is 55.1 Å². The first-order valence-corrected chi connectivity index (χ1v) is 11.5. The van der Waals surface area contributed by atoms with Crippen LogP contribution in [0.1, 0.15) is 52.7 Å². The number of nitrogens with zero attached hydrogens (tertiary/aromatic N) is 2. The Bertz CT molecular complexity index is 1110. The lowest BCUT2D eigenvalue weighted by Gasteiger charge is -2.33. The van der Waals surface area contributed by atoms with Crippen molar-refractivity contribution in [2.24, 2.45) is 0 Å². The van der Waals surface area contributed by atoms with Gasteiger partial charge in [0.25, 0.3) is 5.91 Å². The van der Waals surface area contributed by atoms with E-state index in [0.717, 1.165) is 40.9 Å². The molecule has 1 aliphatic rings. The van der Waals surface area contributed by atoms with Gasteiger partial charge in [0.05, 0.1) is 16.3 Å². The van der Waals surface area contributed by atoms with E-state index >= 15 is 0 Å². The molecule has 32 heavy (non-hydrogen) atoms. The topological polar surface area (TPSA) is 45.2 Å². The van der Waals surface area contributed by atoms with Crippen LogP contribution in [-0.4, -0.2) is 28.9 Å². The maximum Gasteiger partial charge on any atom is 0.257 e. The van der Waals surface area contributed by atoms with Crippen LogP contribution in [-0.2, 0) is 6.42 Å². The van der Waals surface area contributed by atoms with Crippen molar-refractivity contribution in [2.75, 3.05) is 18.4 Å². The van der Waals surface area contributed by atoms with Gasteiger partial charge in [0.1, 0.15) is 5.82 Å². The van der Waals surface area contributed by atoms with Gasteiger partial charge in [-0.3, -0.25) is 4.79 Å². The monoisotopic (exact) mass is 449 g/mol. The Hall–Kier alpha value is -2.86. The van der Waals surface area contributed by atoms with Crippen molar-refractivity contribution in [1.82, 2.24) is 9.88 Å². The summed E-state index contributed by atoms with van der Waals surface area (Å²) in [4.78, 5) is 19.8. The zero-order chi connectivity index (χ0) is 22.7. The molecule has 4 nitrogen and oxygen atoms in total. The molecule has 1 fully saturated rings. The van der Waals surface area contributed by atoms with Crippen molar-refractivity contribution < 1.29 is 9.18 Å². The van der Waals surface area contributed by atoms with Crippen molar-refractivity contribution in [3.63, 3.8) is 0 Å². The number of hydrogen-bond donors (Lipinski definition) is 2. The van der Waals surface area contributed by atoms with Gasteiger partial charge in [-0.05, 0) is 61.4 Å². The van der Waals surface area contributed by atoms with Crippen LogP contribution in [0.15, 0.2) is 59.8 Å². The van der Waals surface area contributed by atoms with Crippen LogP contribution in [0.2, 0.25) is 0 Å². The van der Waals surface area contributed by atoms with Crippen LogP contribution >= 0.6 is 12.6 Å². The first-order valence-electron chi connectivity index (χ1n) is 11.1. The van der Waals surface area contributed by atoms with Crippen molar-refractivity contribution in [2.45, 2.75) is 44.1 Å². The number of likely N-dealkylation sites (tertiary alicyclic amines) is 1. The molecule has 1 aliphatic heterocycles. The number of pyridine rings is 1. The number of aromatic nitrogens is 1. The van der Waals surface area contributed by atoms with Gasteiger partial charge in [-0.1, -0.05) is 37.3 Å². The van der Waals surface area contributed by atoms with Gasteiger partial charge >= 0.3 is 0 Å². The number of anilines is 2. The molecule has 1 saturated heterocycles. The first kappa shape index (κ1) is 22.3. The third kappa shape index (κ3) is 4.65. The van der Waals surface area contributed by atoms with Gasteiger partial charge in [-0.15, -0.1) is 12.6 Å². The van der Waals surface area contributed by atoms with Crippen LogP contribution < -0.4 is 5.32 Å². The molecule has 0 spiro atoms. The molecule has 2 aromatic carbocycles. The summed E-state index contributed by atoms with van der Waals surface area (Å²) >= 11 is 4.54. The second-order valence-electron chi connectivity index (χ2n) is 8.26. The maximum absolute atomic E-state index is 13.5. The van der Waals surface area contributed by atoms with Crippen LogP contribution in [0.4, 0.5) is 15.8 Å². The number of aryl methyl sites for hydroxylation is 1. The number of hydrogen-bond acceptors (Lipinski definition) is 4. The minimum Gasteiger partial charge on any atom is -0.354 e. The van der Waals surface area contributed by atoms with Gasteiger partial charge in [-0.2, -0.15) is 0 Å². The van der Waals surface area contributed by atoms with Crippen LogP contribution in [0.25, 0.3) is 0 Å². The summed E-state index contributed by atoms with van der Waals surface area (Å²) in [5.74, 6) is 0.101. The number of thiol groups is 1. The second-order valence-corrected chi connectivity index (χ2v) is 8.68. The van der Waals surface area contributed by atoms with Gasteiger partial charge in [0.2, 0.25) is 0 Å². The SMILES string of the molecule is CCc1c(S)ncc(C(=O)N2CCC(c3ccc(F)cc3)CC2)c1Nc1ccccc1C. The number of carbonyl (C=O) groups excluding carboxylic acids is 1. The van der Waals surface area contributed by atoms with E-state index in [1.54, 1.807) is 6.20 Å². The molecule has 0 unspecified atom stereocenters. The van der Waals surface area contributed by atoms with Gasteiger partial charge in [0.15, 0.2) is 0 Å². The zero-order valence-electron chi connectivity index (χ0n) is 18.4. The predicted octanol–water partition coefficient (Wildman–Crippen LogP) is 6.14. The van der Waals surface area contributed by atoms with E-state index in [9.17, 15) is 9.18 Å². The van der Waals surface area contributed by atoms with Crippen molar-refractivity contribution in [3.05, 3.63) is 82.8 Å². The highest BCUT2D eigenvalue weighted by molar-refractivity contribution is 7.80. The summed E-state index contributed by atoms with van der Waals surface area (Å²) in [6.07, 6.45) is 4.07. The molecule has 4 rings (SSSR count). The molecule has 166 valence electrons. The molecule has 0 bridgehead atoms. The van der Waals surface area contributed by atoms with Crippen LogP contribution in [0.5, 0.6) is 0 Å². The van der Waals surface area contributed by atoms with E-state index in [0.29, 0.717) is 36.0 Å². The summed E-state index contributed by atoms with van der Waals surface area (Å²) in [5, 5.41) is 4.12. The number of halogens is 1. The molecule has 2 heterocycles. The zero-order valence-corrected chi connectivity index (χ0v) is 19.3. The van der Waals surface area contributed by atoms with E-state index < -0.39 is 0 Å². The number of benzene rings is 2. The predicted molar refractivity (Wildman–Crippen MR) is 130 cm³/mol. The van der Waals surface area contributed by atoms with E-state index in [1.165, 1.54) is 12.1 Å². The van der Waals surface area contributed by atoms with E-state index in [2.05, 4.69) is 22.9 Å². The molecule has 3 aromatic rings. The largest absolute Gasteiger partial charge is 0.354 e. The third-order valence-corrected chi connectivity index (χ3v) is 6.65. The Labute approximate surface area is 194 Å². The van der Waals surface area contributed by atoms with Gasteiger partial charge in [-0.25, -0.2) is 9.37 Å². The standard InChI is InChI=1S/C26H28FN3OS/c1-3-21-24(29-23-7-5-4-6-17(23)2)22(16-28-25(21)32)26(31)30-14-12-19(13-15-30)18-8-10-20(27)11-9-18/h4-11,16,19H,3,12-15H2,1-2H3,(H2,28,29,32). The molecule has 0 atom stereocenters. The third-order valence-electron chi connectivity index (χ3n) is 6.27. The molecule has 1 N–H and O–H groups in total. The second kappa shape index (κ2) is 9.74. The molecule has 1 amide bonds. The normalized spacial score (nSPS) is 14.4. The Balaban J connectivity index is 1.57. The average molecular weight is 450 g/mol. The molecule has 0 aliphatic carbocycles. The number of piperidine rings is 1. The highest BCUT2D eigenvalue weighted by Crippen LogP contribution is 2.33. The van der Waals surface area contributed by atoms with Crippen molar-refractivity contribution in [1.29, 1.82) is 0 Å². The van der Waals surface area contributed by atoms with Crippen molar-refractivity contribution in [3.8, 4) is 0 Å². The van der Waals surface area contributed by atoms with Gasteiger partial charge in [0, 0.05) is 30.5 Å². The lowest BCUT2D eigenvalue weighted by Crippen LogP contribution is -2.38. The van der Waals surface area contributed by atoms with Gasteiger partial charge < -0.3 is 10.2 Å². The Kier molecular flexibility index (Phi) is 6.80. The fourth-order valence-electron chi connectivity index (χ4n) is 4.35. The fourth-order valence-corrected chi connectivity index (χ4v) is 4.68. The highest BCUT2D eigenvalue weighted by Gasteiger charge is 2.27. The number of carbonyl (C=O) groups is 1. The number of para-hydroxylation sites is 1. The molecule has 0 saturated carbocycles. The Morgan fingerprint density at radius 2 is 1.84 bits per heavy atom. The molecular weight excluding hydrogens is 421 g/mol. The summed E-state index contributed by atoms with van der Waals surface area (Å²) in [6, 6.07) is 14.7. The summed E-state index contributed by atoms with van der Waals surface area (Å²) in [6.45, 7) is 5.41. The molecule has 6 heteroatoms. The quantitative estimate of drug-likeness (QED) is 0.460. The summed E-state index contributed by atoms with van der Waals surface area (Å²) < 4.78 is 13.2. The fraction of sp³-hybridized carbons (Fsp3) is 0.308. The summed E-state index contributed by atoms with van der Waals surface area (Å²) in [5.41, 5.74) is 5.49. The number of nitrogens with one attached hydrogen (secondary N) is 1. The van der Waals surface area contributed by atoms with Crippen LogP contribution in [0.3, 0.4) is 0 Å². The molecule has 0 radical (unpaired) electrons. The van der Waals surface area contributed by atoms with E-state index in [-0.39, 0.29) is 11.7 Å². The minimum atomic E-state index is -0.220. The average Bonchev–Trinajstić information content (AvgIpc) is 2.81. The van der Waals surface area contributed by atoms with Crippen molar-refractivity contribution >= 4 is 29.9 Å². The number of rotatable bonds is 5. The molecular formula is C26H28FN3OS. The van der Waals surface area contributed by atoms with E-state index in [4.69, 9.17) is 0 Å². The Morgan fingerprint density at radius 3 is 2.50 bits per heavy atom. The number of amides is 1. The highest BCUT2D eigenvalue weighted by atomic mass is 32.1. The minimum absolute atomic E-state index is 0.0193. The lowest BCUT2D eigenvalue weighted by atomic mass is 9.89. The van der Waals surface area contributed by atoms with Crippen LogP contribution in [0, 0.1) is 12.7 Å².